The van der Waals surface area contributed by atoms with Crippen molar-refractivity contribution in [2.24, 2.45) is 10.2 Å². The zero-order valence-electron chi connectivity index (χ0n) is 26.6. The molecule has 248 valence electrons. The number of carbonyl (C=O) groups is 2. The van der Waals surface area contributed by atoms with Gasteiger partial charge in [0.05, 0.1) is 11.9 Å². The minimum atomic E-state index is -1.67. The molecule has 2 heterocycles. The predicted octanol–water partition coefficient (Wildman–Crippen LogP) is 4.29. The SMILES string of the molecule is O=C([O-])C1(c2ccccc2O)NN=C(c2cccc3ccccc23)S1.O=C([O-])C1(c2ccccc2O)NN=C(c2cccc3ccccc23)S1.[Zn+2]. The molecule has 0 saturated carbocycles. The van der Waals surface area contributed by atoms with Crippen molar-refractivity contribution in [3.8, 4) is 11.5 Å². The number of nitrogens with zero attached hydrogens (tertiary/aromatic N) is 2. The third kappa shape index (κ3) is 6.40. The van der Waals surface area contributed by atoms with Gasteiger partial charge in [0.2, 0.25) is 0 Å². The van der Waals surface area contributed by atoms with Crippen molar-refractivity contribution in [3.63, 3.8) is 0 Å². The van der Waals surface area contributed by atoms with Gasteiger partial charge >= 0.3 is 19.5 Å². The van der Waals surface area contributed by atoms with E-state index in [1.165, 1.54) is 12.1 Å². The zero-order chi connectivity index (χ0) is 34.9. The van der Waals surface area contributed by atoms with Crippen LogP contribution >= 0.6 is 23.5 Å². The molecule has 2 aliphatic rings. The van der Waals surface area contributed by atoms with Crippen LogP contribution in [-0.2, 0) is 38.8 Å². The molecule has 2 unspecified atom stereocenters. The predicted molar refractivity (Wildman–Crippen MR) is 192 cm³/mol. The summed E-state index contributed by atoms with van der Waals surface area (Å²) in [5.41, 5.74) is 7.41. The van der Waals surface area contributed by atoms with Crippen molar-refractivity contribution in [2.45, 2.75) is 9.74 Å². The van der Waals surface area contributed by atoms with E-state index >= 15 is 0 Å². The van der Waals surface area contributed by atoms with Gasteiger partial charge < -0.3 is 30.0 Å². The van der Waals surface area contributed by atoms with Crippen molar-refractivity contribution in [1.29, 1.82) is 0 Å². The number of carboxylic acids is 2. The van der Waals surface area contributed by atoms with Crippen molar-refractivity contribution >= 4 is 67.1 Å². The maximum absolute atomic E-state index is 11.9. The van der Waals surface area contributed by atoms with Gasteiger partial charge in [-0.2, -0.15) is 10.2 Å². The average Bonchev–Trinajstić information content (AvgIpc) is 3.79. The van der Waals surface area contributed by atoms with Crippen LogP contribution in [0.15, 0.2) is 144 Å². The number of aromatic hydroxyl groups is 2. The van der Waals surface area contributed by atoms with Gasteiger partial charge in [0.1, 0.15) is 21.6 Å². The monoisotopic (exact) mass is 762 g/mol. The standard InChI is InChI=1S/2C19H14N2O3S.Zn/c2*22-16-11-4-3-10-15(16)19(18(23)24)21-20-17(25-19)14-9-5-7-12-6-1-2-8-13(12)14;/h2*1-11,21-22H,(H,23,24);/q;;+2/p-2. The van der Waals surface area contributed by atoms with Gasteiger partial charge in [0, 0.05) is 22.3 Å². The second-order valence-electron chi connectivity index (χ2n) is 11.3. The molecule has 0 radical (unpaired) electrons. The van der Waals surface area contributed by atoms with E-state index in [1.54, 1.807) is 36.4 Å². The van der Waals surface area contributed by atoms with Crippen LogP contribution in [0.25, 0.3) is 21.5 Å². The summed E-state index contributed by atoms with van der Waals surface area (Å²) in [6.45, 7) is 0. The van der Waals surface area contributed by atoms with Gasteiger partial charge in [-0.1, -0.05) is 145 Å². The van der Waals surface area contributed by atoms with E-state index in [4.69, 9.17) is 0 Å². The first-order chi connectivity index (χ1) is 24.2. The zero-order valence-corrected chi connectivity index (χ0v) is 31.2. The smallest absolute Gasteiger partial charge is 0.546 e. The second-order valence-corrected chi connectivity index (χ2v) is 13.7. The summed E-state index contributed by atoms with van der Waals surface area (Å²) in [5.74, 6) is -2.97. The topological polar surface area (TPSA) is 170 Å². The van der Waals surface area contributed by atoms with Crippen molar-refractivity contribution in [2.75, 3.05) is 0 Å². The molecule has 51 heavy (non-hydrogen) atoms. The summed E-state index contributed by atoms with van der Waals surface area (Å²) in [5, 5.41) is 57.7. The van der Waals surface area contributed by atoms with Crippen LogP contribution in [0.4, 0.5) is 0 Å². The summed E-state index contributed by atoms with van der Waals surface area (Å²) < 4.78 is 0. The number of hydrogen-bond acceptors (Lipinski definition) is 12. The number of aliphatic carboxylic acids is 2. The Morgan fingerprint density at radius 1 is 0.529 bits per heavy atom. The Hall–Kier alpha value is -5.36. The van der Waals surface area contributed by atoms with Gasteiger partial charge in [-0.25, -0.2) is 0 Å². The van der Waals surface area contributed by atoms with Crippen LogP contribution < -0.4 is 21.1 Å². The maximum Gasteiger partial charge on any atom is 2.00 e. The summed E-state index contributed by atoms with van der Waals surface area (Å²) in [6, 6.07) is 39.8. The van der Waals surface area contributed by atoms with E-state index in [0.717, 1.165) is 56.2 Å². The second kappa shape index (κ2) is 14.5. The molecule has 6 aromatic rings. The van der Waals surface area contributed by atoms with Crippen molar-refractivity contribution in [3.05, 3.63) is 156 Å². The normalized spacial score (nSPS) is 19.1. The van der Waals surface area contributed by atoms with Crippen LogP contribution in [0.1, 0.15) is 22.3 Å². The Morgan fingerprint density at radius 3 is 1.27 bits per heavy atom. The van der Waals surface area contributed by atoms with Gasteiger partial charge in [0.15, 0.2) is 9.74 Å². The van der Waals surface area contributed by atoms with Crippen LogP contribution in [-0.4, -0.2) is 32.2 Å². The largest absolute Gasteiger partial charge is 2.00 e. The fourth-order valence-corrected chi connectivity index (χ4v) is 8.12. The minimum absolute atomic E-state index is 0. The Balaban J connectivity index is 0.000000172. The van der Waals surface area contributed by atoms with E-state index in [1.807, 2.05) is 84.9 Å². The van der Waals surface area contributed by atoms with Crippen molar-refractivity contribution in [1.82, 2.24) is 10.9 Å². The van der Waals surface area contributed by atoms with Gasteiger partial charge in [0.25, 0.3) is 0 Å². The molecular formula is C38H26N4O6S2Zn. The number of thioether (sulfide) groups is 2. The summed E-state index contributed by atoms with van der Waals surface area (Å²) in [6.07, 6.45) is 0. The van der Waals surface area contributed by atoms with E-state index in [-0.39, 0.29) is 42.1 Å². The molecule has 8 rings (SSSR count). The van der Waals surface area contributed by atoms with Crippen molar-refractivity contribution < 1.29 is 49.5 Å². The summed E-state index contributed by atoms with van der Waals surface area (Å²) in [7, 11) is 0. The molecule has 13 heteroatoms. The van der Waals surface area contributed by atoms with E-state index < -0.39 is 21.7 Å². The number of nitrogens with one attached hydrogen (secondary N) is 2. The first-order valence-corrected chi connectivity index (χ1v) is 16.9. The number of hydrogen-bond donors (Lipinski definition) is 4. The van der Waals surface area contributed by atoms with Crippen LogP contribution in [0.3, 0.4) is 0 Å². The Morgan fingerprint density at radius 2 is 0.882 bits per heavy atom. The Bertz CT molecular complexity index is 2200. The third-order valence-corrected chi connectivity index (χ3v) is 10.9. The number of phenols is 2. The Kier molecular flexibility index (Phi) is 10.1. The first-order valence-electron chi connectivity index (χ1n) is 15.3. The quantitative estimate of drug-likeness (QED) is 0.180. The molecule has 4 N–H and O–H groups in total. The summed E-state index contributed by atoms with van der Waals surface area (Å²) >= 11 is 2.04. The molecule has 0 fully saturated rings. The molecule has 6 aromatic carbocycles. The number of phenolic OH excluding ortho intramolecular Hbond substituents is 2. The fourth-order valence-electron chi connectivity index (χ4n) is 5.86. The summed E-state index contributed by atoms with van der Waals surface area (Å²) in [4.78, 5) is 20.5. The van der Waals surface area contributed by atoms with Gasteiger partial charge in [-0.3, -0.25) is 10.9 Å². The molecule has 0 aliphatic carbocycles. The van der Waals surface area contributed by atoms with Gasteiger partial charge in [-0.15, -0.1) is 0 Å². The molecule has 0 aromatic heterocycles. The number of hydrazone groups is 2. The molecule has 0 amide bonds. The van der Waals surface area contributed by atoms with Crippen LogP contribution in [0, 0.1) is 0 Å². The number of carbonyl (C=O) groups excluding carboxylic acids is 2. The van der Waals surface area contributed by atoms with Gasteiger partial charge in [-0.05, 0) is 33.7 Å². The molecule has 0 bridgehead atoms. The number of rotatable bonds is 6. The van der Waals surface area contributed by atoms with E-state index in [0.29, 0.717) is 10.1 Å². The minimum Gasteiger partial charge on any atom is -0.546 e. The maximum atomic E-state index is 11.9. The average molecular weight is 764 g/mol. The number of fused-ring (bicyclic) bond motifs is 2. The van der Waals surface area contributed by atoms with Crippen LogP contribution in [0.5, 0.6) is 11.5 Å². The number of para-hydroxylation sites is 2. The van der Waals surface area contributed by atoms with E-state index in [2.05, 4.69) is 21.1 Å². The number of carboxylic acid groups (broad SMARTS) is 2. The van der Waals surface area contributed by atoms with E-state index in [9.17, 15) is 30.0 Å². The first kappa shape index (κ1) is 35.5. The molecular weight excluding hydrogens is 738 g/mol. The molecule has 2 aliphatic heterocycles. The third-order valence-electron chi connectivity index (χ3n) is 8.31. The molecule has 0 spiro atoms. The van der Waals surface area contributed by atoms with Crippen LogP contribution in [0.2, 0.25) is 0 Å². The fraction of sp³-hybridized carbons (Fsp3) is 0.0526. The Labute approximate surface area is 313 Å². The molecule has 0 saturated heterocycles. The molecule has 10 nitrogen and oxygen atoms in total. The molecule has 2 atom stereocenters. The number of benzene rings is 6.